The molecular weight excluding hydrogens is 368 g/mol. The van der Waals surface area contributed by atoms with Gasteiger partial charge in [0.25, 0.3) is 0 Å². The van der Waals surface area contributed by atoms with Crippen LogP contribution >= 0.6 is 11.3 Å². The van der Waals surface area contributed by atoms with Crippen LogP contribution in [0.3, 0.4) is 0 Å². The third-order valence-electron chi connectivity index (χ3n) is 4.22. The van der Waals surface area contributed by atoms with Gasteiger partial charge in [0.1, 0.15) is 23.1 Å². The van der Waals surface area contributed by atoms with Crippen LogP contribution in [0.1, 0.15) is 12.0 Å². The van der Waals surface area contributed by atoms with Gasteiger partial charge < -0.3 is 5.32 Å². The lowest BCUT2D eigenvalue weighted by Gasteiger charge is -2.08. The van der Waals surface area contributed by atoms with E-state index < -0.39 is 0 Å². The summed E-state index contributed by atoms with van der Waals surface area (Å²) >= 11 is 1.44. The van der Waals surface area contributed by atoms with Crippen LogP contribution in [0.2, 0.25) is 0 Å². The van der Waals surface area contributed by atoms with E-state index in [9.17, 15) is 13.6 Å². The van der Waals surface area contributed by atoms with Gasteiger partial charge in [0.05, 0.1) is 0 Å². The van der Waals surface area contributed by atoms with Crippen molar-refractivity contribution in [2.75, 3.05) is 5.32 Å². The number of nitrogens with zero attached hydrogens (tertiary/aromatic N) is 2. The number of anilines is 1. The highest BCUT2D eigenvalue weighted by molar-refractivity contribution is 7.15. The second kappa shape index (κ2) is 7.28. The molecule has 0 aliphatic carbocycles. The average Bonchev–Trinajstić information content (AvgIpc) is 3.24. The Hall–Kier alpha value is -3.06. The first-order chi connectivity index (χ1) is 13.1. The molecule has 1 amide bonds. The van der Waals surface area contributed by atoms with Crippen LogP contribution in [0, 0.1) is 11.6 Å². The number of aromatic nitrogens is 2. The maximum Gasteiger partial charge on any atom is 0.225 e. The molecule has 0 fully saturated rings. The Morgan fingerprint density at radius 2 is 1.89 bits per heavy atom. The number of thiazole rings is 1. The lowest BCUT2D eigenvalue weighted by Crippen LogP contribution is -2.14. The highest BCUT2D eigenvalue weighted by atomic mass is 32.1. The van der Waals surface area contributed by atoms with Gasteiger partial charge in [0, 0.05) is 23.6 Å². The average molecular weight is 383 g/mol. The molecule has 0 saturated carbocycles. The van der Waals surface area contributed by atoms with Crippen LogP contribution in [-0.2, 0) is 11.2 Å². The fourth-order valence-electron chi connectivity index (χ4n) is 2.86. The van der Waals surface area contributed by atoms with Crippen LogP contribution in [0.15, 0.2) is 60.1 Å². The number of hydrogen-bond acceptors (Lipinski definition) is 3. The van der Waals surface area contributed by atoms with Crippen molar-refractivity contribution in [3.05, 3.63) is 77.3 Å². The highest BCUT2D eigenvalue weighted by Crippen LogP contribution is 2.31. The summed E-state index contributed by atoms with van der Waals surface area (Å²) in [5.41, 5.74) is 1.78. The van der Waals surface area contributed by atoms with Gasteiger partial charge in [0.2, 0.25) is 5.91 Å². The van der Waals surface area contributed by atoms with E-state index in [1.54, 1.807) is 34.7 Å². The van der Waals surface area contributed by atoms with Crippen LogP contribution in [0.4, 0.5) is 14.6 Å². The van der Waals surface area contributed by atoms with E-state index in [0.717, 1.165) is 4.96 Å². The first-order valence-corrected chi connectivity index (χ1v) is 9.24. The van der Waals surface area contributed by atoms with Crippen molar-refractivity contribution in [3.8, 4) is 11.3 Å². The number of rotatable bonds is 5. The molecule has 0 atom stereocenters. The molecule has 2 heterocycles. The van der Waals surface area contributed by atoms with Gasteiger partial charge in [-0.15, -0.1) is 11.3 Å². The minimum Gasteiger partial charge on any atom is -0.310 e. The van der Waals surface area contributed by atoms with Crippen LogP contribution in [-0.4, -0.2) is 15.3 Å². The molecule has 7 heteroatoms. The van der Waals surface area contributed by atoms with Crippen LogP contribution in [0.5, 0.6) is 0 Å². The molecule has 2 aromatic carbocycles. The second-order valence-electron chi connectivity index (χ2n) is 6.01. The van der Waals surface area contributed by atoms with E-state index in [4.69, 9.17) is 0 Å². The molecule has 136 valence electrons. The predicted molar refractivity (Wildman–Crippen MR) is 102 cm³/mol. The van der Waals surface area contributed by atoms with Gasteiger partial charge >= 0.3 is 0 Å². The van der Waals surface area contributed by atoms with E-state index in [1.807, 2.05) is 11.6 Å². The molecule has 0 aliphatic heterocycles. The molecule has 27 heavy (non-hydrogen) atoms. The van der Waals surface area contributed by atoms with Gasteiger partial charge in [-0.05, 0) is 42.3 Å². The third-order valence-corrected chi connectivity index (χ3v) is 4.97. The summed E-state index contributed by atoms with van der Waals surface area (Å²) in [5, 5.41) is 4.74. The first-order valence-electron chi connectivity index (χ1n) is 8.36. The van der Waals surface area contributed by atoms with Crippen molar-refractivity contribution in [1.82, 2.24) is 9.38 Å². The number of aryl methyl sites for hydroxylation is 1. The van der Waals surface area contributed by atoms with Crippen molar-refractivity contribution in [2.45, 2.75) is 12.8 Å². The smallest absolute Gasteiger partial charge is 0.225 e. The quantitative estimate of drug-likeness (QED) is 0.532. The summed E-state index contributed by atoms with van der Waals surface area (Å²) < 4.78 is 28.7. The summed E-state index contributed by atoms with van der Waals surface area (Å²) in [5.74, 6) is -0.372. The standard InChI is InChI=1S/C20H15F2N3OS/c21-15-8-5-14(6-9-15)18-19(25-11-12-27-20(25)24-18)23-17(26)10-7-13-3-1-2-4-16(13)22/h1-6,8-9,11-12H,7,10H2,(H,23,26). The molecule has 1 N–H and O–H groups in total. The molecule has 0 bridgehead atoms. The Morgan fingerprint density at radius 1 is 1.11 bits per heavy atom. The van der Waals surface area contributed by atoms with Gasteiger partial charge in [0.15, 0.2) is 4.96 Å². The zero-order valence-corrected chi connectivity index (χ0v) is 15.0. The minimum atomic E-state index is -0.338. The molecule has 4 aromatic rings. The maximum absolute atomic E-state index is 13.7. The monoisotopic (exact) mass is 383 g/mol. The number of halogens is 2. The first kappa shape index (κ1) is 17.4. The number of nitrogens with one attached hydrogen (secondary N) is 1. The lowest BCUT2D eigenvalue weighted by molar-refractivity contribution is -0.116. The van der Waals surface area contributed by atoms with E-state index >= 15 is 0 Å². The summed E-state index contributed by atoms with van der Waals surface area (Å²) in [7, 11) is 0. The van der Waals surface area contributed by atoms with Gasteiger partial charge in [-0.3, -0.25) is 9.20 Å². The highest BCUT2D eigenvalue weighted by Gasteiger charge is 2.17. The van der Waals surface area contributed by atoms with E-state index in [-0.39, 0.29) is 24.0 Å². The topological polar surface area (TPSA) is 46.4 Å². The zero-order valence-electron chi connectivity index (χ0n) is 14.2. The zero-order chi connectivity index (χ0) is 18.8. The summed E-state index contributed by atoms with van der Waals surface area (Å²) in [4.78, 5) is 17.7. The number of hydrogen-bond donors (Lipinski definition) is 1. The Balaban J connectivity index is 1.58. The maximum atomic E-state index is 13.7. The number of imidazole rings is 1. The summed E-state index contributed by atoms with van der Waals surface area (Å²) in [6.45, 7) is 0. The largest absolute Gasteiger partial charge is 0.310 e. The van der Waals surface area contributed by atoms with Gasteiger partial charge in [-0.1, -0.05) is 18.2 Å². The van der Waals surface area contributed by atoms with Gasteiger partial charge in [-0.2, -0.15) is 0 Å². The Bertz CT molecular complexity index is 1100. The second-order valence-corrected chi connectivity index (χ2v) is 6.88. The van der Waals surface area contributed by atoms with Crippen molar-refractivity contribution >= 4 is 28.0 Å². The molecule has 0 unspecified atom stereocenters. The molecule has 0 radical (unpaired) electrons. The van der Waals surface area contributed by atoms with Crippen molar-refractivity contribution in [3.63, 3.8) is 0 Å². The molecular formula is C20H15F2N3OS. The molecule has 0 saturated heterocycles. The van der Waals surface area contributed by atoms with Crippen molar-refractivity contribution in [2.24, 2.45) is 0 Å². The number of fused-ring (bicyclic) bond motifs is 1. The van der Waals surface area contributed by atoms with Crippen LogP contribution < -0.4 is 5.32 Å². The molecule has 4 rings (SSSR count). The third kappa shape index (κ3) is 3.59. The Labute approximate surface area is 158 Å². The fourth-order valence-corrected chi connectivity index (χ4v) is 3.57. The summed E-state index contributed by atoms with van der Waals surface area (Å²) in [6.07, 6.45) is 2.25. The van der Waals surface area contributed by atoms with Crippen molar-refractivity contribution < 1.29 is 13.6 Å². The minimum absolute atomic E-state index is 0.140. The number of carbonyl (C=O) groups excluding carboxylic acids is 1. The van der Waals surface area contributed by atoms with E-state index in [1.165, 1.54) is 29.5 Å². The molecule has 0 aliphatic rings. The van der Waals surface area contributed by atoms with E-state index in [0.29, 0.717) is 29.1 Å². The molecule has 2 aromatic heterocycles. The lowest BCUT2D eigenvalue weighted by atomic mass is 10.1. The Kier molecular flexibility index (Phi) is 4.68. The predicted octanol–water partition coefficient (Wildman–Crippen LogP) is 4.91. The molecule has 0 spiro atoms. The van der Waals surface area contributed by atoms with Gasteiger partial charge in [-0.25, -0.2) is 13.8 Å². The Morgan fingerprint density at radius 3 is 2.67 bits per heavy atom. The number of benzene rings is 2. The van der Waals surface area contributed by atoms with Crippen LogP contribution in [0.25, 0.3) is 16.2 Å². The summed E-state index contributed by atoms with van der Waals surface area (Å²) in [6, 6.07) is 12.4. The fraction of sp³-hybridized carbons (Fsp3) is 0.100. The number of amides is 1. The normalized spacial score (nSPS) is 11.0. The van der Waals surface area contributed by atoms with Crippen molar-refractivity contribution in [1.29, 1.82) is 0 Å². The van der Waals surface area contributed by atoms with E-state index in [2.05, 4.69) is 10.3 Å². The molecule has 4 nitrogen and oxygen atoms in total. The number of carbonyl (C=O) groups is 1. The SMILES string of the molecule is O=C(CCc1ccccc1F)Nc1c(-c2ccc(F)cc2)nc2sccn12.